The van der Waals surface area contributed by atoms with E-state index in [4.69, 9.17) is 4.74 Å². The van der Waals surface area contributed by atoms with Crippen LogP contribution in [0.4, 0.5) is 0 Å². The molecule has 0 aliphatic heterocycles. The summed E-state index contributed by atoms with van der Waals surface area (Å²) in [5.74, 6) is 0.589. The Hall–Kier alpha value is -4.18. The molecule has 33 heavy (non-hydrogen) atoms. The Morgan fingerprint density at radius 3 is 2.09 bits per heavy atom. The first-order valence-corrected chi connectivity index (χ1v) is 11.0. The average Bonchev–Trinajstić information content (AvgIpc) is 2.89. The topological polar surface area (TPSA) is 50.7 Å². The Bertz CT molecular complexity index is 1220. The Kier molecular flexibility index (Phi) is 7.29. The van der Waals surface area contributed by atoms with Gasteiger partial charge in [0.05, 0.1) is 5.71 Å². The maximum atomic E-state index is 12.5. The molecule has 0 spiro atoms. The molecule has 0 unspecified atom stereocenters. The summed E-state index contributed by atoms with van der Waals surface area (Å²) in [6, 6.07) is 35.4. The van der Waals surface area contributed by atoms with E-state index in [-0.39, 0.29) is 5.91 Å². The maximum Gasteiger partial charge on any atom is 0.271 e. The van der Waals surface area contributed by atoms with Gasteiger partial charge in [-0.25, -0.2) is 5.43 Å². The molecule has 4 heteroatoms. The van der Waals surface area contributed by atoms with Crippen LogP contribution in [-0.2, 0) is 6.61 Å². The normalized spacial score (nSPS) is 11.1. The van der Waals surface area contributed by atoms with Crippen LogP contribution in [0.5, 0.6) is 5.75 Å². The standard InChI is InChI=1S/C29H26N2O2/c1-2-27(24-13-7-4-8-14-24)30-31-29(32)25-19-17-22(18-20-25)21-33-28-16-10-9-15-26(28)23-11-5-3-6-12-23/h3-20H,2,21H2,1H3,(H,31,32)/b30-27+. The highest BCUT2D eigenvalue weighted by Gasteiger charge is 2.08. The van der Waals surface area contributed by atoms with Gasteiger partial charge in [-0.1, -0.05) is 97.9 Å². The number of carbonyl (C=O) groups excluding carboxylic acids is 1. The van der Waals surface area contributed by atoms with Crippen LogP contribution >= 0.6 is 0 Å². The molecular weight excluding hydrogens is 408 g/mol. The summed E-state index contributed by atoms with van der Waals surface area (Å²) in [5.41, 5.74) is 8.21. The van der Waals surface area contributed by atoms with Gasteiger partial charge in [0.15, 0.2) is 0 Å². The lowest BCUT2D eigenvalue weighted by molar-refractivity contribution is 0.0954. The van der Waals surface area contributed by atoms with E-state index in [2.05, 4.69) is 28.7 Å². The second kappa shape index (κ2) is 10.9. The molecular formula is C29H26N2O2. The minimum absolute atomic E-state index is 0.237. The van der Waals surface area contributed by atoms with Gasteiger partial charge in [-0.15, -0.1) is 0 Å². The van der Waals surface area contributed by atoms with Crippen molar-refractivity contribution in [3.63, 3.8) is 0 Å². The number of para-hydroxylation sites is 1. The van der Waals surface area contributed by atoms with Gasteiger partial charge in [-0.05, 0) is 41.3 Å². The zero-order chi connectivity index (χ0) is 22.9. The molecule has 164 valence electrons. The molecule has 4 rings (SSSR count). The van der Waals surface area contributed by atoms with Crippen LogP contribution in [0.15, 0.2) is 114 Å². The van der Waals surface area contributed by atoms with Crippen molar-refractivity contribution >= 4 is 11.6 Å². The Balaban J connectivity index is 1.39. The van der Waals surface area contributed by atoms with Crippen molar-refractivity contribution in [1.29, 1.82) is 0 Å². The molecule has 0 aromatic heterocycles. The number of ether oxygens (including phenoxy) is 1. The molecule has 0 fully saturated rings. The first-order valence-electron chi connectivity index (χ1n) is 11.0. The second-order valence-corrected chi connectivity index (χ2v) is 7.57. The van der Waals surface area contributed by atoms with E-state index in [0.717, 1.165) is 40.1 Å². The molecule has 0 aliphatic carbocycles. The van der Waals surface area contributed by atoms with Gasteiger partial charge in [0, 0.05) is 11.1 Å². The summed E-state index contributed by atoms with van der Waals surface area (Å²) >= 11 is 0. The number of carbonyl (C=O) groups is 1. The van der Waals surface area contributed by atoms with E-state index in [0.29, 0.717) is 12.2 Å². The molecule has 0 saturated heterocycles. The summed E-state index contributed by atoms with van der Waals surface area (Å²) in [7, 11) is 0. The van der Waals surface area contributed by atoms with Gasteiger partial charge in [0.2, 0.25) is 0 Å². The van der Waals surface area contributed by atoms with E-state index < -0.39 is 0 Å². The third-order valence-electron chi connectivity index (χ3n) is 5.32. The molecule has 1 amide bonds. The molecule has 0 bridgehead atoms. The fourth-order valence-corrected chi connectivity index (χ4v) is 3.52. The molecule has 0 aliphatic rings. The zero-order valence-electron chi connectivity index (χ0n) is 18.6. The van der Waals surface area contributed by atoms with Crippen molar-refractivity contribution in [2.75, 3.05) is 0 Å². The fraction of sp³-hybridized carbons (Fsp3) is 0.103. The van der Waals surface area contributed by atoms with Gasteiger partial charge in [0.1, 0.15) is 12.4 Å². The number of nitrogens with one attached hydrogen (secondary N) is 1. The predicted octanol–water partition coefficient (Wildman–Crippen LogP) is 6.48. The molecule has 4 aromatic carbocycles. The fourth-order valence-electron chi connectivity index (χ4n) is 3.52. The van der Waals surface area contributed by atoms with Crippen molar-refractivity contribution < 1.29 is 9.53 Å². The third kappa shape index (κ3) is 5.74. The summed E-state index contributed by atoms with van der Waals surface area (Å²) in [6.45, 7) is 2.43. The summed E-state index contributed by atoms with van der Waals surface area (Å²) in [6.07, 6.45) is 0.727. The van der Waals surface area contributed by atoms with Gasteiger partial charge < -0.3 is 4.74 Å². The molecule has 0 radical (unpaired) electrons. The second-order valence-electron chi connectivity index (χ2n) is 7.57. The number of amides is 1. The highest BCUT2D eigenvalue weighted by atomic mass is 16.5. The molecule has 4 aromatic rings. The molecule has 4 nitrogen and oxygen atoms in total. The minimum atomic E-state index is -0.237. The van der Waals surface area contributed by atoms with E-state index >= 15 is 0 Å². The lowest BCUT2D eigenvalue weighted by atomic mass is 10.0. The molecule has 0 saturated carbocycles. The number of nitrogens with zero attached hydrogens (tertiary/aromatic N) is 1. The molecule has 0 atom stereocenters. The zero-order valence-corrected chi connectivity index (χ0v) is 18.6. The number of hydrogen-bond donors (Lipinski definition) is 1. The van der Waals surface area contributed by atoms with E-state index in [1.807, 2.05) is 85.8 Å². The molecule has 0 heterocycles. The van der Waals surface area contributed by atoms with E-state index in [1.54, 1.807) is 12.1 Å². The summed E-state index contributed by atoms with van der Waals surface area (Å²) in [5, 5.41) is 4.32. The quantitative estimate of drug-likeness (QED) is 0.255. The molecule has 1 N–H and O–H groups in total. The van der Waals surface area contributed by atoms with Crippen LogP contribution in [0.1, 0.15) is 34.8 Å². The SMILES string of the molecule is CC/C(=N\NC(=O)c1ccc(COc2ccccc2-c2ccccc2)cc1)c1ccccc1. The minimum Gasteiger partial charge on any atom is -0.488 e. The lowest BCUT2D eigenvalue weighted by Gasteiger charge is -2.12. The predicted molar refractivity (Wildman–Crippen MR) is 133 cm³/mol. The Morgan fingerprint density at radius 1 is 0.758 bits per heavy atom. The largest absolute Gasteiger partial charge is 0.488 e. The number of rotatable bonds is 8. The lowest BCUT2D eigenvalue weighted by Crippen LogP contribution is -2.20. The average molecular weight is 435 g/mol. The first-order chi connectivity index (χ1) is 16.2. The van der Waals surface area contributed by atoms with Crippen LogP contribution in [0, 0.1) is 0 Å². The monoisotopic (exact) mass is 434 g/mol. The highest BCUT2D eigenvalue weighted by Crippen LogP contribution is 2.30. The van der Waals surface area contributed by atoms with Crippen molar-refractivity contribution in [1.82, 2.24) is 5.43 Å². The third-order valence-corrected chi connectivity index (χ3v) is 5.32. The van der Waals surface area contributed by atoms with Gasteiger partial charge in [-0.3, -0.25) is 4.79 Å². The number of benzene rings is 4. The van der Waals surface area contributed by atoms with Gasteiger partial charge in [-0.2, -0.15) is 5.10 Å². The maximum absolute atomic E-state index is 12.5. The van der Waals surface area contributed by atoms with Crippen LogP contribution < -0.4 is 10.2 Å². The van der Waals surface area contributed by atoms with E-state index in [1.165, 1.54) is 0 Å². The van der Waals surface area contributed by atoms with Crippen molar-refractivity contribution in [2.24, 2.45) is 5.10 Å². The van der Waals surface area contributed by atoms with E-state index in [9.17, 15) is 4.79 Å². The van der Waals surface area contributed by atoms with Crippen molar-refractivity contribution in [2.45, 2.75) is 20.0 Å². The van der Waals surface area contributed by atoms with Crippen LogP contribution in [0.3, 0.4) is 0 Å². The number of hydrogen-bond acceptors (Lipinski definition) is 3. The Morgan fingerprint density at radius 2 is 1.39 bits per heavy atom. The van der Waals surface area contributed by atoms with Crippen LogP contribution in [0.2, 0.25) is 0 Å². The van der Waals surface area contributed by atoms with Gasteiger partial charge >= 0.3 is 0 Å². The summed E-state index contributed by atoms with van der Waals surface area (Å²) < 4.78 is 6.10. The van der Waals surface area contributed by atoms with Crippen molar-refractivity contribution in [3.8, 4) is 16.9 Å². The Labute approximate surface area is 194 Å². The van der Waals surface area contributed by atoms with Gasteiger partial charge in [0.25, 0.3) is 5.91 Å². The first kappa shape index (κ1) is 22.0. The number of hydrazone groups is 1. The highest BCUT2D eigenvalue weighted by molar-refractivity contribution is 6.02. The van der Waals surface area contributed by atoms with Crippen LogP contribution in [-0.4, -0.2) is 11.6 Å². The smallest absolute Gasteiger partial charge is 0.271 e. The summed E-state index contributed by atoms with van der Waals surface area (Å²) in [4.78, 5) is 12.5. The van der Waals surface area contributed by atoms with Crippen molar-refractivity contribution in [3.05, 3.63) is 126 Å². The van der Waals surface area contributed by atoms with Crippen LogP contribution in [0.25, 0.3) is 11.1 Å².